The maximum absolute atomic E-state index is 14.2. The highest BCUT2D eigenvalue weighted by molar-refractivity contribution is 7.23. The Bertz CT molecular complexity index is 2280. The zero-order chi connectivity index (χ0) is 33.6. The summed E-state index contributed by atoms with van der Waals surface area (Å²) in [5.74, 6) is -0.568. The van der Waals surface area contributed by atoms with Gasteiger partial charge in [-0.25, -0.2) is 18.6 Å². The number of hydrogen-bond donors (Lipinski definition) is 2. The van der Waals surface area contributed by atoms with Gasteiger partial charge in [-0.15, -0.1) is 11.3 Å². The summed E-state index contributed by atoms with van der Waals surface area (Å²) < 4.78 is 39.1. The summed E-state index contributed by atoms with van der Waals surface area (Å²) in [6.07, 6.45) is 4.39. The largest absolute Gasteiger partial charge is 0.491 e. The number of hydrogen-bond acceptors (Lipinski definition) is 9. The number of halogens is 2. The molecule has 10 nitrogen and oxygen atoms in total. The second-order valence-electron chi connectivity index (χ2n) is 12.0. The maximum atomic E-state index is 14.2. The molecule has 2 N–H and O–H groups in total. The third-order valence-electron chi connectivity index (χ3n) is 9.02. The number of rotatable bonds is 10. The second-order valence-corrected chi connectivity index (χ2v) is 13.1. The van der Waals surface area contributed by atoms with Crippen molar-refractivity contribution in [1.29, 1.82) is 0 Å². The van der Waals surface area contributed by atoms with Crippen molar-refractivity contribution in [2.24, 2.45) is 0 Å². The Hall–Kier alpha value is -5.43. The van der Waals surface area contributed by atoms with Gasteiger partial charge in [0.2, 0.25) is 0 Å². The Labute approximate surface area is 282 Å². The van der Waals surface area contributed by atoms with Crippen molar-refractivity contribution in [3.8, 4) is 27.6 Å². The number of nitrogens with zero attached hydrogens (tertiary/aromatic N) is 4. The van der Waals surface area contributed by atoms with Gasteiger partial charge >= 0.3 is 5.76 Å². The number of carbonyl (C=O) groups excluding carboxylic acids is 1. The first-order valence-corrected chi connectivity index (χ1v) is 16.9. The van der Waals surface area contributed by atoms with E-state index in [4.69, 9.17) is 14.2 Å². The van der Waals surface area contributed by atoms with Crippen molar-refractivity contribution in [2.75, 3.05) is 18.5 Å². The lowest BCUT2D eigenvalue weighted by Crippen LogP contribution is -2.22. The Balaban J connectivity index is 1.26. The summed E-state index contributed by atoms with van der Waals surface area (Å²) in [4.78, 5) is 41.5. The number of H-pyrrole nitrogens is 1. The van der Waals surface area contributed by atoms with E-state index in [0.717, 1.165) is 44.6 Å². The fraction of sp³-hybridized carbons (Fsp3) is 0.250. The Morgan fingerprint density at radius 3 is 2.67 bits per heavy atom. The van der Waals surface area contributed by atoms with Gasteiger partial charge in [-0.1, -0.05) is 23.4 Å². The molecule has 0 saturated carbocycles. The summed E-state index contributed by atoms with van der Waals surface area (Å²) in [5, 5.41) is 8.35. The molecule has 4 aromatic heterocycles. The lowest BCUT2D eigenvalue weighted by molar-refractivity contribution is 0.0776. The molecule has 2 aliphatic heterocycles. The highest BCUT2D eigenvalue weighted by Gasteiger charge is 2.44. The zero-order valence-corrected chi connectivity index (χ0v) is 27.2. The number of aryl methyl sites for hydroxylation is 2. The second kappa shape index (κ2) is 12.5. The number of thiophene rings is 1. The molecular formula is C36H30F2N6O4S. The van der Waals surface area contributed by atoms with Crippen molar-refractivity contribution in [1.82, 2.24) is 25.0 Å². The number of aromatic nitrogens is 4. The first-order chi connectivity index (χ1) is 23.9. The topological polar surface area (TPSA) is 126 Å². The average molecular weight is 681 g/mol. The molecule has 1 amide bonds. The van der Waals surface area contributed by atoms with E-state index in [-0.39, 0.29) is 29.3 Å². The molecule has 2 aliphatic rings. The Morgan fingerprint density at radius 2 is 1.88 bits per heavy atom. The molecule has 1 saturated heterocycles. The van der Waals surface area contributed by atoms with Gasteiger partial charge in [-0.05, 0) is 85.5 Å². The number of aromatic amines is 1. The molecule has 1 atom stereocenters. The summed E-state index contributed by atoms with van der Waals surface area (Å²) >= 11 is 1.46. The van der Waals surface area contributed by atoms with Crippen molar-refractivity contribution >= 4 is 33.1 Å². The molecule has 1 unspecified atom stereocenters. The fourth-order valence-electron chi connectivity index (χ4n) is 6.81. The molecule has 248 valence electrons. The Morgan fingerprint density at radius 1 is 1.04 bits per heavy atom. The van der Waals surface area contributed by atoms with Gasteiger partial charge in [-0.2, -0.15) is 0 Å². The number of nitrogens with one attached hydrogen (secondary N) is 2. The van der Waals surface area contributed by atoms with Crippen molar-refractivity contribution in [2.45, 2.75) is 45.2 Å². The van der Waals surface area contributed by atoms with Crippen molar-refractivity contribution in [3.63, 3.8) is 0 Å². The first kappa shape index (κ1) is 30.9. The molecule has 6 aromatic rings. The van der Waals surface area contributed by atoms with Crippen LogP contribution in [0.15, 0.2) is 70.1 Å². The molecule has 2 aromatic carbocycles. The van der Waals surface area contributed by atoms with E-state index in [0.29, 0.717) is 60.7 Å². The number of ether oxygens (including phenoxy) is 1. The van der Waals surface area contributed by atoms with E-state index < -0.39 is 11.6 Å². The quantitative estimate of drug-likeness (QED) is 0.157. The number of carbonyl (C=O) groups is 1. The lowest BCUT2D eigenvalue weighted by atomic mass is 9.92. The summed E-state index contributed by atoms with van der Waals surface area (Å²) in [6.45, 7) is 3.17. The highest BCUT2D eigenvalue weighted by Crippen LogP contribution is 2.50. The third-order valence-corrected chi connectivity index (χ3v) is 10.2. The average Bonchev–Trinajstić information content (AvgIpc) is 3.90. The SMILES string of the molecule is CCOc1cc(CNc2nccc3cc(-c4c5c(nc(CCc6ccc(F)cc6)c4-c4noc(=O)[nH]4)C4CCCN4C5=O)sc23)ccc1F. The minimum absolute atomic E-state index is 0.104. The Kier molecular flexibility index (Phi) is 7.91. The monoisotopic (exact) mass is 680 g/mol. The van der Waals surface area contributed by atoms with Gasteiger partial charge in [0.25, 0.3) is 5.91 Å². The van der Waals surface area contributed by atoms with Gasteiger partial charge < -0.3 is 15.0 Å². The van der Waals surface area contributed by atoms with Crippen LogP contribution in [0, 0.1) is 11.6 Å². The predicted octanol–water partition coefficient (Wildman–Crippen LogP) is 7.07. The van der Waals surface area contributed by atoms with Gasteiger partial charge in [0.05, 0.1) is 39.9 Å². The van der Waals surface area contributed by atoms with E-state index in [1.54, 1.807) is 37.4 Å². The van der Waals surface area contributed by atoms with Gasteiger partial charge in [0.15, 0.2) is 17.4 Å². The minimum atomic E-state index is -0.724. The van der Waals surface area contributed by atoms with E-state index in [9.17, 15) is 18.4 Å². The standard InChI is InChI=1S/C36H30F2N6O4S/c1-2-47-26-16-20(7-11-23(26)38)18-40-34-32-21(13-14-39-34)17-27(49-32)29-28(33-42-36(46)48-43-33)24(12-8-19-5-9-22(37)10-6-19)41-31-25-4-3-15-44(25)35(45)30(29)31/h5-7,9-11,13-14,16-17,25H,2-4,8,12,15,18H2,1H3,(H,39,40)(H,42,43,46). The number of pyridine rings is 2. The van der Waals surface area contributed by atoms with Crippen LogP contribution < -0.4 is 15.8 Å². The molecule has 0 radical (unpaired) electrons. The summed E-state index contributed by atoms with van der Waals surface area (Å²) in [5.41, 5.74) is 4.76. The van der Waals surface area contributed by atoms with Gasteiger partial charge in [-0.3, -0.25) is 19.3 Å². The molecule has 0 bridgehead atoms. The zero-order valence-electron chi connectivity index (χ0n) is 26.4. The summed E-state index contributed by atoms with van der Waals surface area (Å²) in [6, 6.07) is 14.8. The highest BCUT2D eigenvalue weighted by atomic mass is 32.1. The number of benzene rings is 2. The van der Waals surface area contributed by atoms with E-state index in [1.165, 1.54) is 29.5 Å². The third kappa shape index (κ3) is 5.63. The van der Waals surface area contributed by atoms with Crippen LogP contribution in [0.5, 0.6) is 5.75 Å². The van der Waals surface area contributed by atoms with Gasteiger partial charge in [0.1, 0.15) is 11.6 Å². The molecule has 13 heteroatoms. The molecule has 0 aliphatic carbocycles. The normalized spacial score (nSPS) is 15.2. The van der Waals surface area contributed by atoms with Crippen molar-refractivity contribution in [3.05, 3.63) is 111 Å². The molecule has 1 fully saturated rings. The van der Waals surface area contributed by atoms with Gasteiger partial charge in [0, 0.05) is 29.7 Å². The van der Waals surface area contributed by atoms with Crippen LogP contribution in [0.3, 0.4) is 0 Å². The van der Waals surface area contributed by atoms with Crippen LogP contribution in [0.25, 0.3) is 31.9 Å². The van der Waals surface area contributed by atoms with Crippen LogP contribution in [-0.2, 0) is 19.4 Å². The maximum Gasteiger partial charge on any atom is 0.439 e. The van der Waals surface area contributed by atoms with Crippen LogP contribution in [0.4, 0.5) is 14.6 Å². The number of amides is 1. The van der Waals surface area contributed by atoms with Crippen LogP contribution in [0.1, 0.15) is 58.7 Å². The minimum Gasteiger partial charge on any atom is -0.491 e. The number of fused-ring (bicyclic) bond motifs is 4. The van der Waals surface area contributed by atoms with Crippen LogP contribution in [-0.4, -0.2) is 44.1 Å². The molecule has 49 heavy (non-hydrogen) atoms. The molecular weight excluding hydrogens is 650 g/mol. The lowest BCUT2D eigenvalue weighted by Gasteiger charge is -2.16. The van der Waals surface area contributed by atoms with E-state index in [1.807, 2.05) is 17.0 Å². The predicted molar refractivity (Wildman–Crippen MR) is 181 cm³/mol. The van der Waals surface area contributed by atoms with Crippen molar-refractivity contribution < 1.29 is 22.8 Å². The van der Waals surface area contributed by atoms with E-state index in [2.05, 4.69) is 20.4 Å². The molecule has 8 rings (SSSR count). The van der Waals surface area contributed by atoms with Crippen LogP contribution >= 0.6 is 11.3 Å². The molecule has 6 heterocycles. The fourth-order valence-corrected chi connectivity index (χ4v) is 7.99. The van der Waals surface area contributed by atoms with Crippen LogP contribution in [0.2, 0.25) is 0 Å². The summed E-state index contributed by atoms with van der Waals surface area (Å²) in [7, 11) is 0. The smallest absolute Gasteiger partial charge is 0.439 e. The molecule has 0 spiro atoms. The first-order valence-electron chi connectivity index (χ1n) is 16.1. The van der Waals surface area contributed by atoms with E-state index >= 15 is 0 Å². The number of anilines is 1.